The highest BCUT2D eigenvalue weighted by atomic mass is 16.5. The van der Waals surface area contributed by atoms with Crippen molar-refractivity contribution >= 4 is 11.7 Å². The topological polar surface area (TPSA) is 83.1 Å². The minimum absolute atomic E-state index is 0.152. The van der Waals surface area contributed by atoms with Crippen LogP contribution in [0.25, 0.3) is 11.1 Å². The zero-order chi connectivity index (χ0) is 20.9. The highest BCUT2D eigenvalue weighted by molar-refractivity contribution is 5.73. The van der Waals surface area contributed by atoms with Crippen LogP contribution in [0.1, 0.15) is 36.9 Å². The average molecular weight is 406 g/mol. The van der Waals surface area contributed by atoms with Crippen molar-refractivity contribution in [3.63, 3.8) is 0 Å². The number of likely N-dealkylation sites (tertiary alicyclic amines) is 1. The predicted octanol–water partition coefficient (Wildman–Crippen LogP) is 3.82. The average Bonchev–Trinajstić information content (AvgIpc) is 3.28. The lowest BCUT2D eigenvalue weighted by molar-refractivity contribution is -0.129. The summed E-state index contributed by atoms with van der Waals surface area (Å²) in [5, 5.41) is 10.9. The van der Waals surface area contributed by atoms with Gasteiger partial charge in [-0.05, 0) is 48.2 Å². The Labute approximate surface area is 176 Å². The molecule has 0 radical (unpaired) electrons. The maximum absolute atomic E-state index is 11.6. The van der Waals surface area contributed by atoms with Gasteiger partial charge in [0.15, 0.2) is 0 Å². The Hall–Kier alpha value is -3.35. The number of methoxy groups -OCH3 is 1. The number of nitrogens with zero attached hydrogens (tertiary/aromatic N) is 3. The molecule has 4 rings (SSSR count). The van der Waals surface area contributed by atoms with Crippen LogP contribution in [0.15, 0.2) is 48.8 Å². The zero-order valence-corrected chi connectivity index (χ0v) is 17.4. The molecule has 0 aliphatic carbocycles. The highest BCUT2D eigenvalue weighted by Crippen LogP contribution is 2.34. The van der Waals surface area contributed by atoms with Crippen molar-refractivity contribution in [3.05, 3.63) is 60.0 Å². The normalized spacial score (nSPS) is 14.5. The number of aromatic nitrogens is 3. The molecule has 1 amide bonds. The first kappa shape index (κ1) is 19.9. The second-order valence-corrected chi connectivity index (χ2v) is 7.61. The predicted molar refractivity (Wildman–Crippen MR) is 116 cm³/mol. The van der Waals surface area contributed by atoms with Gasteiger partial charge in [-0.15, -0.1) is 0 Å². The second kappa shape index (κ2) is 8.98. The Balaban J connectivity index is 1.47. The number of piperidine rings is 1. The SMILES string of the molecule is COc1cccc(CNc2cc(-c3cn[nH]c3C3CCN(C(C)=O)CC3)ccn2)c1. The van der Waals surface area contributed by atoms with Gasteiger partial charge in [-0.25, -0.2) is 4.98 Å². The Kier molecular flexibility index (Phi) is 5.97. The first-order valence-electron chi connectivity index (χ1n) is 10.3. The summed E-state index contributed by atoms with van der Waals surface area (Å²) in [6, 6.07) is 12.0. The molecule has 0 atom stereocenters. The first-order valence-corrected chi connectivity index (χ1v) is 10.3. The molecule has 0 unspecified atom stereocenters. The summed E-state index contributed by atoms with van der Waals surface area (Å²) in [5.41, 5.74) is 4.45. The molecule has 7 nitrogen and oxygen atoms in total. The summed E-state index contributed by atoms with van der Waals surface area (Å²) in [5.74, 6) is 2.18. The lowest BCUT2D eigenvalue weighted by Crippen LogP contribution is -2.36. The number of benzene rings is 1. The standard InChI is InChI=1S/C23H27N5O2/c1-16(29)28-10-7-18(8-11-28)23-21(15-26-27-23)19-6-9-24-22(13-19)25-14-17-4-3-5-20(12-17)30-2/h3-6,9,12-13,15,18H,7-8,10-11,14H2,1-2H3,(H,24,25)(H,26,27). The molecule has 3 heterocycles. The quantitative estimate of drug-likeness (QED) is 0.651. The molecule has 156 valence electrons. The number of hydrogen-bond acceptors (Lipinski definition) is 5. The molecule has 0 spiro atoms. The zero-order valence-electron chi connectivity index (χ0n) is 17.4. The Morgan fingerprint density at radius 2 is 2.10 bits per heavy atom. The molecule has 2 N–H and O–H groups in total. The Morgan fingerprint density at radius 1 is 1.27 bits per heavy atom. The fourth-order valence-electron chi connectivity index (χ4n) is 3.99. The molecule has 1 saturated heterocycles. The fourth-order valence-corrected chi connectivity index (χ4v) is 3.99. The number of amides is 1. The van der Waals surface area contributed by atoms with E-state index in [1.54, 1.807) is 14.0 Å². The van der Waals surface area contributed by atoms with E-state index in [4.69, 9.17) is 4.74 Å². The molecular formula is C23H27N5O2. The van der Waals surface area contributed by atoms with Gasteiger partial charge in [-0.3, -0.25) is 9.89 Å². The molecule has 1 aromatic carbocycles. The van der Waals surface area contributed by atoms with Crippen LogP contribution >= 0.6 is 0 Å². The van der Waals surface area contributed by atoms with E-state index in [-0.39, 0.29) is 5.91 Å². The molecule has 30 heavy (non-hydrogen) atoms. The molecule has 1 fully saturated rings. The number of rotatable bonds is 6. The summed E-state index contributed by atoms with van der Waals surface area (Å²) >= 11 is 0. The number of aromatic amines is 1. The van der Waals surface area contributed by atoms with Gasteiger partial charge >= 0.3 is 0 Å². The smallest absolute Gasteiger partial charge is 0.219 e. The first-order chi connectivity index (χ1) is 14.6. The maximum Gasteiger partial charge on any atom is 0.219 e. The third kappa shape index (κ3) is 4.45. The fraction of sp³-hybridized carbons (Fsp3) is 0.348. The number of carbonyl (C=O) groups excluding carboxylic acids is 1. The number of hydrogen-bond donors (Lipinski definition) is 2. The number of anilines is 1. The minimum atomic E-state index is 0.152. The van der Waals surface area contributed by atoms with Crippen LogP contribution in [0.3, 0.4) is 0 Å². The van der Waals surface area contributed by atoms with Crippen molar-refractivity contribution in [1.82, 2.24) is 20.1 Å². The summed E-state index contributed by atoms with van der Waals surface area (Å²) in [7, 11) is 1.67. The van der Waals surface area contributed by atoms with Crippen molar-refractivity contribution < 1.29 is 9.53 Å². The van der Waals surface area contributed by atoms with Crippen molar-refractivity contribution in [3.8, 4) is 16.9 Å². The molecule has 3 aromatic rings. The van der Waals surface area contributed by atoms with Crippen LogP contribution in [0.4, 0.5) is 5.82 Å². The third-order valence-electron chi connectivity index (χ3n) is 5.70. The van der Waals surface area contributed by atoms with Gasteiger partial charge in [0.05, 0.1) is 13.3 Å². The van der Waals surface area contributed by atoms with Gasteiger partial charge in [-0.1, -0.05) is 12.1 Å². The van der Waals surface area contributed by atoms with Gasteiger partial charge < -0.3 is 15.0 Å². The van der Waals surface area contributed by atoms with Crippen molar-refractivity contribution in [1.29, 1.82) is 0 Å². The van der Waals surface area contributed by atoms with Crippen LogP contribution in [-0.2, 0) is 11.3 Å². The number of H-pyrrole nitrogens is 1. The van der Waals surface area contributed by atoms with E-state index < -0.39 is 0 Å². The van der Waals surface area contributed by atoms with E-state index in [1.165, 1.54) is 0 Å². The van der Waals surface area contributed by atoms with Crippen LogP contribution in [0.2, 0.25) is 0 Å². The van der Waals surface area contributed by atoms with E-state index >= 15 is 0 Å². The van der Waals surface area contributed by atoms with Crippen molar-refractivity contribution in [2.45, 2.75) is 32.2 Å². The lowest BCUT2D eigenvalue weighted by atomic mass is 9.89. The largest absolute Gasteiger partial charge is 0.497 e. The van der Waals surface area contributed by atoms with Crippen molar-refractivity contribution in [2.24, 2.45) is 0 Å². The summed E-state index contributed by atoms with van der Waals surface area (Å²) in [6.45, 7) is 3.89. The summed E-state index contributed by atoms with van der Waals surface area (Å²) in [4.78, 5) is 18.0. The number of ether oxygens (including phenoxy) is 1. The number of carbonyl (C=O) groups is 1. The third-order valence-corrected chi connectivity index (χ3v) is 5.70. The number of nitrogens with one attached hydrogen (secondary N) is 2. The van der Waals surface area contributed by atoms with Gasteiger partial charge in [0.25, 0.3) is 0 Å². The molecule has 2 aromatic heterocycles. The van der Waals surface area contributed by atoms with E-state index in [9.17, 15) is 4.79 Å². The van der Waals surface area contributed by atoms with Gasteiger partial charge in [0, 0.05) is 49.9 Å². The molecule has 0 saturated carbocycles. The van der Waals surface area contributed by atoms with Gasteiger partial charge in [0.2, 0.25) is 5.91 Å². The van der Waals surface area contributed by atoms with E-state index in [1.807, 2.05) is 41.6 Å². The summed E-state index contributed by atoms with van der Waals surface area (Å²) in [6.07, 6.45) is 5.59. The van der Waals surface area contributed by atoms with E-state index in [0.717, 1.165) is 59.9 Å². The molecule has 7 heteroatoms. The molecular weight excluding hydrogens is 378 g/mol. The maximum atomic E-state index is 11.6. The monoisotopic (exact) mass is 405 g/mol. The van der Waals surface area contributed by atoms with Gasteiger partial charge in [-0.2, -0.15) is 5.10 Å². The Bertz CT molecular complexity index is 1010. The highest BCUT2D eigenvalue weighted by Gasteiger charge is 2.25. The second-order valence-electron chi connectivity index (χ2n) is 7.61. The van der Waals surface area contributed by atoms with Gasteiger partial charge in [0.1, 0.15) is 11.6 Å². The molecule has 1 aliphatic rings. The minimum Gasteiger partial charge on any atom is -0.497 e. The summed E-state index contributed by atoms with van der Waals surface area (Å²) < 4.78 is 5.29. The molecule has 1 aliphatic heterocycles. The van der Waals surface area contributed by atoms with E-state index in [2.05, 4.69) is 32.6 Å². The molecule has 0 bridgehead atoms. The van der Waals surface area contributed by atoms with E-state index in [0.29, 0.717) is 12.5 Å². The van der Waals surface area contributed by atoms with Crippen LogP contribution < -0.4 is 10.1 Å². The Morgan fingerprint density at radius 3 is 2.87 bits per heavy atom. The number of pyridine rings is 1. The van der Waals surface area contributed by atoms with Crippen LogP contribution in [-0.4, -0.2) is 46.2 Å². The van der Waals surface area contributed by atoms with Crippen LogP contribution in [0.5, 0.6) is 5.75 Å². The lowest BCUT2D eigenvalue weighted by Gasteiger charge is -2.31. The van der Waals surface area contributed by atoms with Crippen molar-refractivity contribution in [2.75, 3.05) is 25.5 Å². The van der Waals surface area contributed by atoms with Crippen LogP contribution in [0, 0.1) is 0 Å².